The molecule has 1 aliphatic rings. The van der Waals surface area contributed by atoms with Gasteiger partial charge in [-0.1, -0.05) is 6.42 Å². The first kappa shape index (κ1) is 12.9. The number of nitrogens with zero attached hydrogens (tertiary/aromatic N) is 1. The molecule has 0 saturated heterocycles. The van der Waals surface area contributed by atoms with Crippen molar-refractivity contribution in [2.45, 2.75) is 38.5 Å². The van der Waals surface area contributed by atoms with Gasteiger partial charge in [0.2, 0.25) is 0 Å². The highest BCUT2D eigenvalue weighted by Crippen LogP contribution is 2.35. The van der Waals surface area contributed by atoms with Gasteiger partial charge in [0.05, 0.1) is 11.1 Å². The van der Waals surface area contributed by atoms with Crippen molar-refractivity contribution >= 4 is 11.3 Å². The van der Waals surface area contributed by atoms with E-state index in [4.69, 9.17) is 4.42 Å². The fourth-order valence-corrected chi connectivity index (χ4v) is 3.76. The van der Waals surface area contributed by atoms with Crippen LogP contribution in [-0.2, 0) is 19.3 Å². The van der Waals surface area contributed by atoms with Gasteiger partial charge >= 0.3 is 0 Å². The first-order chi connectivity index (χ1) is 9.36. The number of aryl methyl sites for hydroxylation is 2. The van der Waals surface area contributed by atoms with Crippen molar-refractivity contribution in [3.8, 4) is 10.6 Å². The van der Waals surface area contributed by atoms with E-state index in [1.54, 1.807) is 4.88 Å². The molecular weight excluding hydrogens is 256 g/mol. The molecule has 1 aliphatic carbocycles. The Hall–Kier alpha value is -1.13. The summed E-state index contributed by atoms with van der Waals surface area (Å²) in [6, 6.07) is 2.31. The fraction of sp³-hybridized carbons (Fsp3) is 0.533. The zero-order valence-corrected chi connectivity index (χ0v) is 12.2. The van der Waals surface area contributed by atoms with E-state index in [1.807, 2.05) is 24.6 Å². The minimum atomic E-state index is 0.827. The summed E-state index contributed by atoms with van der Waals surface area (Å²) < 4.78 is 5.84. The Labute approximate surface area is 118 Å². The maximum atomic E-state index is 5.84. The van der Waals surface area contributed by atoms with Crippen LogP contribution in [0.4, 0.5) is 0 Å². The Morgan fingerprint density at radius 1 is 1.32 bits per heavy atom. The predicted molar refractivity (Wildman–Crippen MR) is 78.7 cm³/mol. The lowest BCUT2D eigenvalue weighted by molar-refractivity contribution is 0.501. The molecule has 0 radical (unpaired) electrons. The number of thiophene rings is 1. The van der Waals surface area contributed by atoms with E-state index in [2.05, 4.69) is 16.4 Å². The third kappa shape index (κ3) is 2.90. The lowest BCUT2D eigenvalue weighted by atomic mass is 10.1. The van der Waals surface area contributed by atoms with Crippen LogP contribution in [0.5, 0.6) is 0 Å². The predicted octanol–water partition coefficient (Wildman–Crippen LogP) is 3.43. The van der Waals surface area contributed by atoms with Crippen LogP contribution in [0.2, 0.25) is 0 Å². The van der Waals surface area contributed by atoms with E-state index >= 15 is 0 Å². The molecule has 102 valence electrons. The summed E-state index contributed by atoms with van der Waals surface area (Å²) in [5.74, 6) is 1.76. The molecule has 19 heavy (non-hydrogen) atoms. The first-order valence-corrected chi connectivity index (χ1v) is 7.90. The van der Waals surface area contributed by atoms with Crippen LogP contribution in [0.1, 0.15) is 35.6 Å². The smallest absolute Gasteiger partial charge is 0.196 e. The second kappa shape index (κ2) is 5.88. The topological polar surface area (TPSA) is 38.1 Å². The quantitative estimate of drug-likeness (QED) is 0.869. The van der Waals surface area contributed by atoms with Gasteiger partial charge in [-0.3, -0.25) is 0 Å². The van der Waals surface area contributed by atoms with E-state index in [-0.39, 0.29) is 0 Å². The molecule has 2 heterocycles. The Morgan fingerprint density at radius 3 is 3.11 bits per heavy atom. The van der Waals surface area contributed by atoms with Gasteiger partial charge in [-0.2, -0.15) is 0 Å². The van der Waals surface area contributed by atoms with Crippen LogP contribution in [0.15, 0.2) is 16.7 Å². The number of hydrogen-bond acceptors (Lipinski definition) is 4. The van der Waals surface area contributed by atoms with Gasteiger partial charge in [0, 0.05) is 17.8 Å². The molecule has 2 aromatic heterocycles. The van der Waals surface area contributed by atoms with Crippen molar-refractivity contribution in [1.29, 1.82) is 0 Å². The number of oxazole rings is 1. The highest BCUT2D eigenvalue weighted by Gasteiger charge is 2.15. The minimum Gasteiger partial charge on any atom is -0.440 e. The van der Waals surface area contributed by atoms with E-state index in [9.17, 15) is 0 Å². The number of rotatable bonds is 4. The van der Waals surface area contributed by atoms with Gasteiger partial charge < -0.3 is 9.73 Å². The molecule has 1 N–H and O–H groups in total. The summed E-state index contributed by atoms with van der Waals surface area (Å²) in [4.78, 5) is 7.16. The number of aromatic nitrogens is 1. The number of fused-ring (bicyclic) bond motifs is 1. The van der Waals surface area contributed by atoms with Crippen molar-refractivity contribution in [3.63, 3.8) is 0 Å². The average molecular weight is 276 g/mol. The van der Waals surface area contributed by atoms with Crippen LogP contribution < -0.4 is 5.32 Å². The van der Waals surface area contributed by atoms with Gasteiger partial charge in [0.1, 0.15) is 0 Å². The highest BCUT2D eigenvalue weighted by atomic mass is 32.1. The van der Waals surface area contributed by atoms with Crippen molar-refractivity contribution < 1.29 is 4.42 Å². The minimum absolute atomic E-state index is 0.827. The lowest BCUT2D eigenvalue weighted by Gasteiger charge is -1.94. The van der Waals surface area contributed by atoms with Crippen LogP contribution in [0.25, 0.3) is 10.6 Å². The maximum absolute atomic E-state index is 5.84. The van der Waals surface area contributed by atoms with Crippen LogP contribution in [0, 0.1) is 0 Å². The molecule has 4 heteroatoms. The third-order valence-electron chi connectivity index (χ3n) is 3.63. The van der Waals surface area contributed by atoms with Gasteiger partial charge in [-0.25, -0.2) is 4.98 Å². The normalized spacial score (nSPS) is 15.2. The molecule has 0 fully saturated rings. The monoisotopic (exact) mass is 276 g/mol. The van der Waals surface area contributed by atoms with E-state index in [0.29, 0.717) is 0 Å². The summed E-state index contributed by atoms with van der Waals surface area (Å²) >= 11 is 1.89. The highest BCUT2D eigenvalue weighted by molar-refractivity contribution is 7.15. The third-order valence-corrected chi connectivity index (χ3v) is 4.88. The standard InChI is InChI=1S/C15H20N2OS/c1-16-8-7-15-17-10-12(18-15)14-9-11-5-3-2-4-6-13(11)19-14/h9-10,16H,2-8H2,1H3. The number of nitrogens with one attached hydrogen (secondary N) is 1. The summed E-state index contributed by atoms with van der Waals surface area (Å²) in [7, 11) is 1.94. The number of likely N-dealkylation sites (N-methyl/N-ethyl adjacent to an activating group) is 1. The molecule has 0 bridgehead atoms. The van der Waals surface area contributed by atoms with Gasteiger partial charge in [-0.15, -0.1) is 11.3 Å². The maximum Gasteiger partial charge on any atom is 0.196 e. The Balaban J connectivity index is 1.80. The molecule has 0 amide bonds. The second-order valence-electron chi connectivity index (χ2n) is 5.09. The molecule has 0 spiro atoms. The SMILES string of the molecule is CNCCc1ncc(-c2cc3c(s2)CCCCC3)o1. The van der Waals surface area contributed by atoms with Crippen molar-refractivity contribution in [1.82, 2.24) is 10.3 Å². The van der Waals surface area contributed by atoms with Crippen LogP contribution in [0.3, 0.4) is 0 Å². The lowest BCUT2D eigenvalue weighted by Crippen LogP contribution is -2.10. The molecule has 0 aliphatic heterocycles. The zero-order valence-electron chi connectivity index (χ0n) is 11.4. The zero-order chi connectivity index (χ0) is 13.1. The van der Waals surface area contributed by atoms with E-state index in [1.165, 1.54) is 42.5 Å². The summed E-state index contributed by atoms with van der Waals surface area (Å²) in [5, 5.41) is 3.11. The molecule has 0 unspecified atom stereocenters. The summed E-state index contributed by atoms with van der Waals surface area (Å²) in [5.41, 5.74) is 1.53. The Bertz CT molecular complexity index is 521. The fourth-order valence-electron chi connectivity index (χ4n) is 2.56. The van der Waals surface area contributed by atoms with Crippen LogP contribution in [-0.4, -0.2) is 18.6 Å². The first-order valence-electron chi connectivity index (χ1n) is 7.08. The van der Waals surface area contributed by atoms with Gasteiger partial charge in [0.15, 0.2) is 11.7 Å². The molecule has 3 nitrogen and oxygen atoms in total. The second-order valence-corrected chi connectivity index (χ2v) is 6.23. The Kier molecular flexibility index (Phi) is 3.99. The summed E-state index contributed by atoms with van der Waals surface area (Å²) in [6.45, 7) is 0.904. The van der Waals surface area contributed by atoms with Gasteiger partial charge in [0.25, 0.3) is 0 Å². The van der Waals surface area contributed by atoms with Crippen molar-refractivity contribution in [2.24, 2.45) is 0 Å². The van der Waals surface area contributed by atoms with Crippen molar-refractivity contribution in [3.05, 3.63) is 28.6 Å². The van der Waals surface area contributed by atoms with E-state index < -0.39 is 0 Å². The van der Waals surface area contributed by atoms with Crippen LogP contribution >= 0.6 is 11.3 Å². The summed E-state index contributed by atoms with van der Waals surface area (Å²) in [6.07, 6.45) is 9.21. The molecule has 0 aromatic carbocycles. The largest absolute Gasteiger partial charge is 0.440 e. The molecule has 0 atom stereocenters. The molecular formula is C15H20N2OS. The van der Waals surface area contributed by atoms with Gasteiger partial charge in [-0.05, 0) is 44.4 Å². The Morgan fingerprint density at radius 2 is 2.21 bits per heavy atom. The van der Waals surface area contributed by atoms with E-state index in [0.717, 1.165) is 24.6 Å². The number of hydrogen-bond donors (Lipinski definition) is 1. The molecule has 2 aromatic rings. The average Bonchev–Trinajstić information content (AvgIpc) is 2.99. The molecule has 3 rings (SSSR count). The molecule has 0 saturated carbocycles. The van der Waals surface area contributed by atoms with Crippen molar-refractivity contribution in [2.75, 3.05) is 13.6 Å².